The van der Waals surface area contributed by atoms with E-state index < -0.39 is 0 Å². The zero-order valence-electron chi connectivity index (χ0n) is 13.9. The zero-order valence-corrected chi connectivity index (χ0v) is 14.7. The normalized spacial score (nSPS) is 10.8. The first-order valence-corrected chi connectivity index (χ1v) is 8.79. The van der Waals surface area contributed by atoms with Crippen molar-refractivity contribution in [3.8, 4) is 0 Å². The molecular weight excluding hydrogens is 314 g/mol. The van der Waals surface area contributed by atoms with E-state index in [1.54, 1.807) is 5.38 Å². The van der Waals surface area contributed by atoms with Crippen LogP contribution < -0.4 is 16.4 Å². The van der Waals surface area contributed by atoms with E-state index in [1.807, 2.05) is 14.1 Å². The second kappa shape index (κ2) is 11.1. The molecule has 0 saturated carbocycles. The molecule has 0 radical (unpaired) electrons. The molecule has 130 valence electrons. The van der Waals surface area contributed by atoms with Gasteiger partial charge in [-0.1, -0.05) is 6.42 Å². The van der Waals surface area contributed by atoms with E-state index in [0.717, 1.165) is 32.2 Å². The van der Waals surface area contributed by atoms with Crippen LogP contribution in [0.5, 0.6) is 0 Å². The van der Waals surface area contributed by atoms with Crippen molar-refractivity contribution in [2.45, 2.75) is 32.1 Å². The third kappa shape index (κ3) is 8.63. The molecule has 0 fully saturated rings. The molecule has 0 aliphatic rings. The quantitative estimate of drug-likeness (QED) is 0.527. The van der Waals surface area contributed by atoms with E-state index in [-0.39, 0.29) is 11.8 Å². The fourth-order valence-corrected chi connectivity index (χ4v) is 2.62. The van der Waals surface area contributed by atoms with Gasteiger partial charge in [-0.2, -0.15) is 0 Å². The number of anilines is 1. The van der Waals surface area contributed by atoms with Crippen molar-refractivity contribution < 1.29 is 9.59 Å². The summed E-state index contributed by atoms with van der Waals surface area (Å²) in [6, 6.07) is 0. The summed E-state index contributed by atoms with van der Waals surface area (Å²) >= 11 is 1.26. The minimum Gasteiger partial charge on any atom is -0.351 e. The lowest BCUT2D eigenvalue weighted by molar-refractivity contribution is -0.116. The lowest BCUT2D eigenvalue weighted by Gasteiger charge is -2.09. The summed E-state index contributed by atoms with van der Waals surface area (Å²) in [7, 11) is 3.99. The van der Waals surface area contributed by atoms with Crippen LogP contribution in [0.15, 0.2) is 5.38 Å². The van der Waals surface area contributed by atoms with Crippen molar-refractivity contribution >= 4 is 28.3 Å². The van der Waals surface area contributed by atoms with Gasteiger partial charge in [0.2, 0.25) is 5.91 Å². The van der Waals surface area contributed by atoms with Crippen LogP contribution in [0.1, 0.15) is 42.6 Å². The molecule has 1 aromatic heterocycles. The van der Waals surface area contributed by atoms with E-state index in [1.165, 1.54) is 11.3 Å². The molecule has 8 heteroatoms. The fourth-order valence-electron chi connectivity index (χ4n) is 1.91. The zero-order chi connectivity index (χ0) is 17.1. The highest BCUT2D eigenvalue weighted by Crippen LogP contribution is 2.16. The Labute approximate surface area is 141 Å². The van der Waals surface area contributed by atoms with Crippen molar-refractivity contribution in [2.24, 2.45) is 5.73 Å². The van der Waals surface area contributed by atoms with Crippen molar-refractivity contribution in [3.63, 3.8) is 0 Å². The standard InChI is InChI=1S/C15H27N5O2S/c1-20(2)10-6-9-17-14(22)12-11-23-15(18-12)19-13(21)7-4-3-5-8-16/h11H,3-10,16H2,1-2H3,(H,17,22)(H,18,19,21). The summed E-state index contributed by atoms with van der Waals surface area (Å²) in [6.07, 6.45) is 4.03. The SMILES string of the molecule is CN(C)CCCNC(=O)c1csc(NC(=O)CCCCCN)n1. The Hall–Kier alpha value is -1.51. The molecule has 0 aromatic carbocycles. The van der Waals surface area contributed by atoms with Gasteiger partial charge in [0.15, 0.2) is 5.13 Å². The molecule has 1 heterocycles. The van der Waals surface area contributed by atoms with Crippen LogP contribution in [0.25, 0.3) is 0 Å². The average Bonchev–Trinajstić information content (AvgIpc) is 2.96. The largest absolute Gasteiger partial charge is 0.351 e. The monoisotopic (exact) mass is 341 g/mol. The lowest BCUT2D eigenvalue weighted by atomic mass is 10.2. The van der Waals surface area contributed by atoms with E-state index in [9.17, 15) is 9.59 Å². The molecular formula is C15H27N5O2S. The van der Waals surface area contributed by atoms with Crippen molar-refractivity contribution in [3.05, 3.63) is 11.1 Å². The van der Waals surface area contributed by atoms with Gasteiger partial charge in [0.1, 0.15) is 5.69 Å². The van der Waals surface area contributed by atoms with Crippen LogP contribution in [0.3, 0.4) is 0 Å². The Bertz CT molecular complexity index is 490. The minimum absolute atomic E-state index is 0.0747. The minimum atomic E-state index is -0.205. The van der Waals surface area contributed by atoms with Crippen LogP contribution >= 0.6 is 11.3 Å². The molecule has 7 nitrogen and oxygen atoms in total. The van der Waals surface area contributed by atoms with Crippen molar-refractivity contribution in [1.82, 2.24) is 15.2 Å². The number of nitrogens with one attached hydrogen (secondary N) is 2. The molecule has 1 aromatic rings. The predicted molar refractivity (Wildman–Crippen MR) is 93.8 cm³/mol. The number of amides is 2. The van der Waals surface area contributed by atoms with Gasteiger partial charge in [-0.25, -0.2) is 4.98 Å². The predicted octanol–water partition coefficient (Wildman–Crippen LogP) is 1.28. The van der Waals surface area contributed by atoms with E-state index >= 15 is 0 Å². The van der Waals surface area contributed by atoms with Gasteiger partial charge in [-0.15, -0.1) is 11.3 Å². The third-order valence-electron chi connectivity index (χ3n) is 3.16. The molecule has 0 unspecified atom stereocenters. The van der Waals surface area contributed by atoms with Gasteiger partial charge >= 0.3 is 0 Å². The molecule has 23 heavy (non-hydrogen) atoms. The summed E-state index contributed by atoms with van der Waals surface area (Å²) in [5, 5.41) is 7.67. The van der Waals surface area contributed by atoms with Gasteiger partial charge in [0.05, 0.1) is 0 Å². The van der Waals surface area contributed by atoms with Crippen LogP contribution in [0.2, 0.25) is 0 Å². The van der Waals surface area contributed by atoms with Gasteiger partial charge in [-0.3, -0.25) is 9.59 Å². The highest BCUT2D eigenvalue weighted by atomic mass is 32.1. The number of hydrogen-bond acceptors (Lipinski definition) is 6. The van der Waals surface area contributed by atoms with Crippen LogP contribution in [0.4, 0.5) is 5.13 Å². The van der Waals surface area contributed by atoms with Gasteiger partial charge in [0, 0.05) is 18.3 Å². The summed E-state index contributed by atoms with van der Waals surface area (Å²) < 4.78 is 0. The number of nitrogens with two attached hydrogens (primary N) is 1. The molecule has 0 saturated heterocycles. The Morgan fingerprint density at radius 1 is 1.26 bits per heavy atom. The number of unbranched alkanes of at least 4 members (excludes halogenated alkanes) is 2. The molecule has 0 atom stereocenters. The molecule has 2 amide bonds. The Balaban J connectivity index is 2.30. The maximum Gasteiger partial charge on any atom is 0.270 e. The Morgan fingerprint density at radius 3 is 2.74 bits per heavy atom. The first-order chi connectivity index (χ1) is 11.0. The van der Waals surface area contributed by atoms with Crippen molar-refractivity contribution in [2.75, 3.05) is 39.0 Å². The summed E-state index contributed by atoms with van der Waals surface area (Å²) in [5.74, 6) is -0.280. The first kappa shape index (κ1) is 19.5. The number of aromatic nitrogens is 1. The smallest absolute Gasteiger partial charge is 0.270 e. The first-order valence-electron chi connectivity index (χ1n) is 7.91. The van der Waals surface area contributed by atoms with Gasteiger partial charge in [0.25, 0.3) is 5.91 Å². The van der Waals surface area contributed by atoms with Crippen LogP contribution in [-0.4, -0.2) is 55.4 Å². The van der Waals surface area contributed by atoms with Crippen molar-refractivity contribution in [1.29, 1.82) is 0 Å². The maximum absolute atomic E-state index is 11.9. The molecule has 1 rings (SSSR count). The molecule has 0 aliphatic carbocycles. The molecule has 4 N–H and O–H groups in total. The molecule has 0 spiro atoms. The fraction of sp³-hybridized carbons (Fsp3) is 0.667. The second-order valence-corrected chi connectivity index (χ2v) is 6.46. The highest BCUT2D eigenvalue weighted by Gasteiger charge is 2.12. The summed E-state index contributed by atoms with van der Waals surface area (Å²) in [4.78, 5) is 29.9. The lowest BCUT2D eigenvalue weighted by Crippen LogP contribution is -2.27. The number of thiazole rings is 1. The average molecular weight is 341 g/mol. The number of hydrogen-bond donors (Lipinski definition) is 3. The van der Waals surface area contributed by atoms with E-state index in [2.05, 4.69) is 20.5 Å². The number of carbonyl (C=O) groups is 2. The number of carbonyl (C=O) groups excluding carboxylic acids is 2. The van der Waals surface area contributed by atoms with Crippen LogP contribution in [-0.2, 0) is 4.79 Å². The summed E-state index contributed by atoms with van der Waals surface area (Å²) in [6.45, 7) is 2.18. The molecule has 0 aliphatic heterocycles. The second-order valence-electron chi connectivity index (χ2n) is 5.60. The topological polar surface area (TPSA) is 100 Å². The highest BCUT2D eigenvalue weighted by molar-refractivity contribution is 7.14. The Kier molecular flexibility index (Phi) is 9.42. The number of nitrogens with zero attached hydrogens (tertiary/aromatic N) is 2. The van der Waals surface area contributed by atoms with E-state index in [0.29, 0.717) is 30.3 Å². The van der Waals surface area contributed by atoms with E-state index in [4.69, 9.17) is 5.73 Å². The Morgan fingerprint density at radius 2 is 2.04 bits per heavy atom. The van der Waals surface area contributed by atoms with Gasteiger partial charge in [-0.05, 0) is 46.4 Å². The third-order valence-corrected chi connectivity index (χ3v) is 3.92. The maximum atomic E-state index is 11.9. The molecule has 0 bridgehead atoms. The van der Waals surface area contributed by atoms with Gasteiger partial charge < -0.3 is 21.3 Å². The number of rotatable bonds is 11. The van der Waals surface area contributed by atoms with Crippen LogP contribution in [0, 0.1) is 0 Å². The summed E-state index contributed by atoms with van der Waals surface area (Å²) in [5.41, 5.74) is 5.75.